The van der Waals surface area contributed by atoms with Gasteiger partial charge in [-0.3, -0.25) is 9.78 Å². The van der Waals surface area contributed by atoms with Crippen LogP contribution in [0.25, 0.3) is 11.1 Å². The summed E-state index contributed by atoms with van der Waals surface area (Å²) in [5.74, 6) is 0.0864. The van der Waals surface area contributed by atoms with Gasteiger partial charge in [0.1, 0.15) is 17.7 Å². The standard InChI is InChI=1S/C30H32Cl2FN3O2/c1-19-27(38-20(2)28-25(31)9-10-26(33)29(28)32)17-23(18-34-19)21-5-7-22(8-6-21)30(37)36-15-11-24(12-16-36)35-13-3-4-14-35/h5-10,17-18,20,24H,3-4,11-16H2,1-2H3. The summed E-state index contributed by atoms with van der Waals surface area (Å²) in [6.07, 6.45) is 5.87. The van der Waals surface area contributed by atoms with Crippen LogP contribution >= 0.6 is 23.2 Å². The number of piperidine rings is 1. The highest BCUT2D eigenvalue weighted by Crippen LogP contribution is 2.36. The molecule has 0 N–H and O–H groups in total. The average Bonchev–Trinajstić information content (AvgIpc) is 3.47. The van der Waals surface area contributed by atoms with Crippen LogP contribution in [0.1, 0.15) is 60.3 Å². The highest BCUT2D eigenvalue weighted by molar-refractivity contribution is 6.36. The maximum Gasteiger partial charge on any atom is 0.253 e. The molecule has 0 spiro atoms. The van der Waals surface area contributed by atoms with Gasteiger partial charge in [0.25, 0.3) is 5.91 Å². The molecule has 2 fully saturated rings. The molecule has 1 atom stereocenters. The molecule has 0 aliphatic carbocycles. The first kappa shape index (κ1) is 26.9. The number of ether oxygens (including phenoxy) is 1. The topological polar surface area (TPSA) is 45.7 Å². The molecule has 3 heterocycles. The zero-order valence-corrected chi connectivity index (χ0v) is 23.2. The Morgan fingerprint density at radius 2 is 1.71 bits per heavy atom. The molecule has 0 bridgehead atoms. The van der Waals surface area contributed by atoms with Crippen LogP contribution in [-0.4, -0.2) is 52.9 Å². The molecule has 5 nitrogen and oxygen atoms in total. The lowest BCUT2D eigenvalue weighted by molar-refractivity contribution is 0.0644. The van der Waals surface area contributed by atoms with E-state index in [-0.39, 0.29) is 10.9 Å². The van der Waals surface area contributed by atoms with Gasteiger partial charge in [0.05, 0.1) is 10.7 Å². The number of pyridine rings is 1. The lowest BCUT2D eigenvalue weighted by atomic mass is 10.0. The van der Waals surface area contributed by atoms with E-state index in [9.17, 15) is 9.18 Å². The van der Waals surface area contributed by atoms with E-state index < -0.39 is 11.9 Å². The summed E-state index contributed by atoms with van der Waals surface area (Å²) < 4.78 is 20.2. The van der Waals surface area contributed by atoms with E-state index in [2.05, 4.69) is 9.88 Å². The molecule has 1 aromatic heterocycles. The molecule has 8 heteroatoms. The monoisotopic (exact) mass is 555 g/mol. The van der Waals surface area contributed by atoms with Crippen molar-refractivity contribution in [1.29, 1.82) is 0 Å². The number of likely N-dealkylation sites (tertiary alicyclic amines) is 2. The largest absolute Gasteiger partial charge is 0.484 e. The van der Waals surface area contributed by atoms with E-state index in [1.165, 1.54) is 38.1 Å². The predicted octanol–water partition coefficient (Wildman–Crippen LogP) is 7.34. The Kier molecular flexibility index (Phi) is 8.22. The van der Waals surface area contributed by atoms with E-state index in [1.807, 2.05) is 42.2 Å². The van der Waals surface area contributed by atoms with E-state index in [0.717, 1.165) is 37.1 Å². The van der Waals surface area contributed by atoms with Crippen LogP contribution in [0.2, 0.25) is 10.0 Å². The van der Waals surface area contributed by atoms with Crippen molar-refractivity contribution >= 4 is 29.1 Å². The highest BCUT2D eigenvalue weighted by atomic mass is 35.5. The van der Waals surface area contributed by atoms with E-state index in [0.29, 0.717) is 33.6 Å². The summed E-state index contributed by atoms with van der Waals surface area (Å²) in [4.78, 5) is 22.2. The van der Waals surface area contributed by atoms with E-state index >= 15 is 0 Å². The minimum atomic E-state index is -0.587. The van der Waals surface area contributed by atoms with Crippen LogP contribution in [0, 0.1) is 12.7 Å². The Balaban J connectivity index is 1.27. The van der Waals surface area contributed by atoms with Gasteiger partial charge in [0.2, 0.25) is 0 Å². The lowest BCUT2D eigenvalue weighted by Gasteiger charge is -2.36. The Morgan fingerprint density at radius 3 is 2.39 bits per heavy atom. The second-order valence-electron chi connectivity index (χ2n) is 10.2. The number of rotatable bonds is 6. The molecular formula is C30H32Cl2FN3O2. The summed E-state index contributed by atoms with van der Waals surface area (Å²) in [6, 6.07) is 12.8. The van der Waals surface area contributed by atoms with Gasteiger partial charge in [0, 0.05) is 47.0 Å². The van der Waals surface area contributed by atoms with Crippen molar-refractivity contribution in [1.82, 2.24) is 14.8 Å². The van der Waals surface area contributed by atoms with Crippen molar-refractivity contribution in [3.8, 4) is 16.9 Å². The van der Waals surface area contributed by atoms with Crippen molar-refractivity contribution in [3.63, 3.8) is 0 Å². The molecule has 38 heavy (non-hydrogen) atoms. The zero-order valence-electron chi connectivity index (χ0n) is 21.7. The molecule has 2 aliphatic rings. The van der Waals surface area contributed by atoms with Crippen molar-refractivity contribution < 1.29 is 13.9 Å². The number of hydrogen-bond acceptors (Lipinski definition) is 4. The molecule has 2 saturated heterocycles. The Morgan fingerprint density at radius 1 is 1.03 bits per heavy atom. The number of carbonyl (C=O) groups is 1. The van der Waals surface area contributed by atoms with Gasteiger partial charge < -0.3 is 14.5 Å². The second kappa shape index (κ2) is 11.6. The maximum absolute atomic E-state index is 14.0. The third-order valence-electron chi connectivity index (χ3n) is 7.70. The van der Waals surface area contributed by atoms with Gasteiger partial charge in [-0.05, 0) is 88.5 Å². The van der Waals surface area contributed by atoms with E-state index in [4.69, 9.17) is 27.9 Å². The van der Waals surface area contributed by atoms with Crippen LogP contribution in [0.5, 0.6) is 5.75 Å². The smallest absolute Gasteiger partial charge is 0.253 e. The highest BCUT2D eigenvalue weighted by Gasteiger charge is 2.28. The third kappa shape index (κ3) is 5.68. The van der Waals surface area contributed by atoms with Gasteiger partial charge in [-0.15, -0.1) is 0 Å². The molecule has 0 radical (unpaired) electrons. The van der Waals surface area contributed by atoms with Crippen molar-refractivity contribution in [2.75, 3.05) is 26.2 Å². The first-order valence-corrected chi connectivity index (χ1v) is 14.0. The molecule has 1 unspecified atom stereocenters. The van der Waals surface area contributed by atoms with Crippen LogP contribution in [-0.2, 0) is 0 Å². The predicted molar refractivity (Wildman–Crippen MR) is 150 cm³/mol. The summed E-state index contributed by atoms with van der Waals surface area (Å²) >= 11 is 12.5. The minimum absolute atomic E-state index is 0.0488. The number of benzene rings is 2. The Bertz CT molecular complexity index is 1300. The van der Waals surface area contributed by atoms with Crippen molar-refractivity contribution in [3.05, 3.63) is 81.3 Å². The summed E-state index contributed by atoms with van der Waals surface area (Å²) in [5, 5.41) is 0.290. The normalized spacial score (nSPS) is 17.6. The maximum atomic E-state index is 14.0. The summed E-state index contributed by atoms with van der Waals surface area (Å²) in [7, 11) is 0. The summed E-state index contributed by atoms with van der Waals surface area (Å²) in [5.41, 5.74) is 3.54. The molecule has 2 aliphatic heterocycles. The van der Waals surface area contributed by atoms with Crippen molar-refractivity contribution in [2.45, 2.75) is 51.7 Å². The van der Waals surface area contributed by atoms with Gasteiger partial charge in [0.15, 0.2) is 0 Å². The molecular weight excluding hydrogens is 524 g/mol. The number of aryl methyl sites for hydroxylation is 1. The van der Waals surface area contributed by atoms with Crippen LogP contribution in [0.15, 0.2) is 48.7 Å². The fourth-order valence-corrected chi connectivity index (χ4v) is 6.16. The Hall–Kier alpha value is -2.67. The number of amides is 1. The number of carbonyl (C=O) groups excluding carboxylic acids is 1. The number of aromatic nitrogens is 1. The summed E-state index contributed by atoms with van der Waals surface area (Å²) in [6.45, 7) is 7.63. The van der Waals surface area contributed by atoms with Crippen molar-refractivity contribution in [2.24, 2.45) is 0 Å². The first-order chi connectivity index (χ1) is 18.3. The zero-order chi connectivity index (χ0) is 26.8. The van der Waals surface area contributed by atoms with E-state index in [1.54, 1.807) is 13.1 Å². The minimum Gasteiger partial charge on any atom is -0.484 e. The van der Waals surface area contributed by atoms with Crippen LogP contribution < -0.4 is 4.74 Å². The van der Waals surface area contributed by atoms with Gasteiger partial charge in [-0.2, -0.15) is 0 Å². The molecule has 5 rings (SSSR count). The quantitative estimate of drug-likeness (QED) is 0.298. The number of hydrogen-bond donors (Lipinski definition) is 0. The van der Waals surface area contributed by atoms with Gasteiger partial charge in [-0.1, -0.05) is 35.3 Å². The molecule has 0 saturated carbocycles. The number of halogens is 3. The van der Waals surface area contributed by atoms with Crippen LogP contribution in [0.3, 0.4) is 0 Å². The van der Waals surface area contributed by atoms with Gasteiger partial charge >= 0.3 is 0 Å². The third-order valence-corrected chi connectivity index (χ3v) is 8.42. The first-order valence-electron chi connectivity index (χ1n) is 13.2. The molecule has 3 aromatic rings. The second-order valence-corrected chi connectivity index (χ2v) is 11.0. The Labute approximate surface area is 233 Å². The molecule has 200 valence electrons. The van der Waals surface area contributed by atoms with Gasteiger partial charge in [-0.25, -0.2) is 4.39 Å². The fourth-order valence-electron chi connectivity index (χ4n) is 5.48. The van der Waals surface area contributed by atoms with Crippen LogP contribution in [0.4, 0.5) is 4.39 Å². The lowest BCUT2D eigenvalue weighted by Crippen LogP contribution is -2.45. The fraction of sp³-hybridized carbons (Fsp3) is 0.400. The molecule has 2 aromatic carbocycles. The average molecular weight is 557 g/mol. The molecule has 1 amide bonds. The number of nitrogens with zero attached hydrogens (tertiary/aromatic N) is 3. The SMILES string of the molecule is Cc1ncc(-c2ccc(C(=O)N3CCC(N4CCCC4)CC3)cc2)cc1OC(C)c1c(Cl)ccc(F)c1Cl.